The molecule has 5 fully saturated rings. The first-order valence-corrected chi connectivity index (χ1v) is 16.7. The van der Waals surface area contributed by atoms with Gasteiger partial charge in [-0.2, -0.15) is 9.97 Å². The Hall–Kier alpha value is -4.07. The second-order valence-corrected chi connectivity index (χ2v) is 14.8. The molecule has 2 unspecified atom stereocenters. The van der Waals surface area contributed by atoms with Crippen LogP contribution in [0.15, 0.2) is 30.3 Å². The lowest BCUT2D eigenvalue weighted by molar-refractivity contribution is -0.0716. The number of terminal acetylenes is 1. The second-order valence-electron chi connectivity index (χ2n) is 14.8. The maximum atomic E-state index is 16.9. The van der Waals surface area contributed by atoms with Gasteiger partial charge in [0.1, 0.15) is 28.7 Å². The van der Waals surface area contributed by atoms with Gasteiger partial charge in [0.25, 0.3) is 0 Å². The zero-order valence-corrected chi connectivity index (χ0v) is 26.1. The molecule has 1 spiro atoms. The fourth-order valence-corrected chi connectivity index (χ4v) is 8.67. The molecule has 5 aliphatic rings. The number of rotatable bonds is 7. The molecule has 3 aromatic carbocycles. The van der Waals surface area contributed by atoms with E-state index >= 15 is 8.78 Å². The third-order valence-corrected chi connectivity index (χ3v) is 11.4. The van der Waals surface area contributed by atoms with Crippen LogP contribution in [0.4, 0.5) is 19.0 Å². The van der Waals surface area contributed by atoms with Crippen molar-refractivity contribution in [1.29, 1.82) is 0 Å². The highest BCUT2D eigenvalue weighted by Crippen LogP contribution is 2.53. The van der Waals surface area contributed by atoms with Crippen LogP contribution >= 0.6 is 0 Å². The molecule has 3 saturated heterocycles. The molecular weight excluding hydrogens is 603 g/mol. The highest BCUT2D eigenvalue weighted by molar-refractivity contribution is 6.04. The normalized spacial score (nSPS) is 23.9. The van der Waals surface area contributed by atoms with Crippen molar-refractivity contribution in [3.8, 4) is 35.2 Å². The molecule has 2 N–H and O–H groups in total. The van der Waals surface area contributed by atoms with Gasteiger partial charge in [-0.05, 0) is 73.6 Å². The van der Waals surface area contributed by atoms with E-state index in [1.165, 1.54) is 49.6 Å². The van der Waals surface area contributed by atoms with E-state index in [1.54, 1.807) is 0 Å². The summed E-state index contributed by atoms with van der Waals surface area (Å²) >= 11 is 0. The molecule has 7 nitrogen and oxygen atoms in total. The number of anilines is 1. The Bertz CT molecular complexity index is 1980. The van der Waals surface area contributed by atoms with Crippen LogP contribution in [0.2, 0.25) is 0 Å². The monoisotopic (exact) mass is 639 g/mol. The SMILES string of the molecule is C#Cc1c(F)ccc2cc(O)cc(-c3c(F)cc4c(N5CC6CCC(C5)N6)nc(OCC5(CN6CC7(CCC7)C6)CC5)nc4c3F)c12. The smallest absolute Gasteiger partial charge is 0.319 e. The molecule has 1 aromatic heterocycles. The average molecular weight is 640 g/mol. The Kier molecular flexibility index (Phi) is 6.48. The molecule has 10 heteroatoms. The van der Waals surface area contributed by atoms with E-state index in [0.717, 1.165) is 45.3 Å². The van der Waals surface area contributed by atoms with E-state index in [1.807, 2.05) is 0 Å². The van der Waals surface area contributed by atoms with Gasteiger partial charge >= 0.3 is 6.01 Å². The van der Waals surface area contributed by atoms with Crippen molar-refractivity contribution in [2.75, 3.05) is 44.2 Å². The van der Waals surface area contributed by atoms with Crippen LogP contribution in [-0.2, 0) is 0 Å². The maximum absolute atomic E-state index is 16.9. The van der Waals surface area contributed by atoms with E-state index < -0.39 is 23.0 Å². The fraction of sp³-hybridized carbons (Fsp3) is 0.459. The van der Waals surface area contributed by atoms with Crippen molar-refractivity contribution < 1.29 is 23.0 Å². The largest absolute Gasteiger partial charge is 0.508 e. The Morgan fingerprint density at radius 2 is 1.77 bits per heavy atom. The molecule has 2 saturated carbocycles. The van der Waals surface area contributed by atoms with E-state index in [-0.39, 0.29) is 56.7 Å². The van der Waals surface area contributed by atoms with Crippen LogP contribution in [0.1, 0.15) is 50.5 Å². The second kappa shape index (κ2) is 10.5. The van der Waals surface area contributed by atoms with Gasteiger partial charge in [-0.3, -0.25) is 0 Å². The van der Waals surface area contributed by atoms with Crippen molar-refractivity contribution in [2.45, 2.75) is 57.0 Å². The highest BCUT2D eigenvalue weighted by Gasteiger charge is 2.52. The molecule has 0 radical (unpaired) electrons. The first-order valence-electron chi connectivity index (χ1n) is 16.7. The zero-order valence-electron chi connectivity index (χ0n) is 26.1. The summed E-state index contributed by atoms with van der Waals surface area (Å²) in [5, 5.41) is 14.9. The first-order chi connectivity index (χ1) is 22.7. The lowest BCUT2D eigenvalue weighted by Crippen LogP contribution is -2.60. The summed E-state index contributed by atoms with van der Waals surface area (Å²) in [6.07, 6.45) is 13.8. The van der Waals surface area contributed by atoms with Crippen LogP contribution in [0.3, 0.4) is 0 Å². The maximum Gasteiger partial charge on any atom is 0.319 e. The Morgan fingerprint density at radius 3 is 2.45 bits per heavy atom. The zero-order chi connectivity index (χ0) is 32.1. The summed E-state index contributed by atoms with van der Waals surface area (Å²) in [6.45, 7) is 5.01. The number of hydrogen-bond acceptors (Lipinski definition) is 7. The van der Waals surface area contributed by atoms with Crippen molar-refractivity contribution in [1.82, 2.24) is 20.2 Å². The number of benzene rings is 3. The summed E-state index contributed by atoms with van der Waals surface area (Å²) in [5.74, 6) is -0.00287. The summed E-state index contributed by atoms with van der Waals surface area (Å²) in [5.41, 5.74) is -0.155. The number of halogens is 3. The van der Waals surface area contributed by atoms with Gasteiger partial charge in [0, 0.05) is 66.6 Å². The number of phenolic OH excluding ortho intramolecular Hbond substituents is 1. The van der Waals surface area contributed by atoms with Crippen LogP contribution in [0.25, 0.3) is 32.8 Å². The predicted octanol–water partition coefficient (Wildman–Crippen LogP) is 6.14. The Morgan fingerprint density at radius 1 is 1.00 bits per heavy atom. The Labute approximate surface area is 271 Å². The summed E-state index contributed by atoms with van der Waals surface area (Å²) in [4.78, 5) is 14.0. The summed E-state index contributed by atoms with van der Waals surface area (Å²) in [6, 6.07) is 7.02. The fourth-order valence-electron chi connectivity index (χ4n) is 8.67. The molecule has 4 heterocycles. The molecule has 0 amide bonds. The molecule has 2 bridgehead atoms. The summed E-state index contributed by atoms with van der Waals surface area (Å²) in [7, 11) is 0. The number of ether oxygens (including phenoxy) is 1. The van der Waals surface area contributed by atoms with Crippen LogP contribution in [-0.4, -0.2) is 71.4 Å². The summed E-state index contributed by atoms with van der Waals surface area (Å²) < 4.78 is 54.3. The van der Waals surface area contributed by atoms with Gasteiger partial charge in [0.05, 0.1) is 17.7 Å². The average Bonchev–Trinajstić information content (AvgIpc) is 3.70. The number of piperazine rings is 1. The molecular formula is C37H36F3N5O2. The van der Waals surface area contributed by atoms with Crippen molar-refractivity contribution in [2.24, 2.45) is 10.8 Å². The number of fused-ring (bicyclic) bond motifs is 4. The predicted molar refractivity (Wildman–Crippen MR) is 174 cm³/mol. The van der Waals surface area contributed by atoms with E-state index in [2.05, 4.69) is 26.0 Å². The highest BCUT2D eigenvalue weighted by atomic mass is 19.1. The van der Waals surface area contributed by atoms with E-state index in [0.29, 0.717) is 36.3 Å². The van der Waals surface area contributed by atoms with Gasteiger partial charge < -0.3 is 25.0 Å². The Balaban J connectivity index is 1.13. The van der Waals surface area contributed by atoms with Gasteiger partial charge in [-0.1, -0.05) is 18.4 Å². The third kappa shape index (κ3) is 4.81. The molecule has 2 aliphatic carbocycles. The van der Waals surface area contributed by atoms with Crippen LogP contribution < -0.4 is 15.0 Å². The standard InChI is InChI=1S/C37H36F3N5O2/c1-2-25-28(38)7-4-21-12-24(46)13-26(30(21)25)31-29(39)14-27-33(32(31)40)42-35(43-34(27)45-15-22-5-6-23(16-45)41-22)47-20-37(10-11-37)19-44-17-36(18-44)8-3-9-36/h1,4,7,12-14,22-23,41,46H,3,5-6,8-11,15-20H2. The van der Waals surface area contributed by atoms with Gasteiger partial charge in [-0.25, -0.2) is 13.2 Å². The molecule has 242 valence electrons. The number of nitrogens with one attached hydrogen (secondary N) is 1. The van der Waals surface area contributed by atoms with Crippen LogP contribution in [0.5, 0.6) is 11.8 Å². The number of nitrogens with zero attached hydrogens (tertiary/aromatic N) is 4. The quantitative estimate of drug-likeness (QED) is 0.236. The van der Waals surface area contributed by atoms with Gasteiger partial charge in [0.2, 0.25) is 0 Å². The molecule has 9 rings (SSSR count). The van der Waals surface area contributed by atoms with E-state index in [4.69, 9.17) is 16.1 Å². The number of hydrogen-bond donors (Lipinski definition) is 2. The lowest BCUT2D eigenvalue weighted by Gasteiger charge is -2.56. The minimum Gasteiger partial charge on any atom is -0.508 e. The number of aromatic nitrogens is 2. The van der Waals surface area contributed by atoms with Crippen molar-refractivity contribution >= 4 is 27.5 Å². The third-order valence-electron chi connectivity index (χ3n) is 11.4. The number of aromatic hydroxyl groups is 1. The molecule has 2 atom stereocenters. The lowest BCUT2D eigenvalue weighted by atomic mass is 9.63. The van der Waals surface area contributed by atoms with Crippen LogP contribution in [0, 0.1) is 40.6 Å². The molecule has 4 aromatic rings. The molecule has 47 heavy (non-hydrogen) atoms. The van der Waals surface area contributed by atoms with Crippen molar-refractivity contribution in [3.05, 3.63) is 53.3 Å². The topological polar surface area (TPSA) is 73.8 Å². The van der Waals surface area contributed by atoms with E-state index in [9.17, 15) is 9.50 Å². The number of phenols is 1. The van der Waals surface area contributed by atoms with Gasteiger partial charge in [-0.15, -0.1) is 6.42 Å². The number of likely N-dealkylation sites (tertiary alicyclic amines) is 1. The van der Waals surface area contributed by atoms with Crippen molar-refractivity contribution in [3.63, 3.8) is 0 Å². The minimum absolute atomic E-state index is 0.0284. The molecule has 3 aliphatic heterocycles. The first kappa shape index (κ1) is 29.1. The minimum atomic E-state index is -0.946. The van der Waals surface area contributed by atoms with Gasteiger partial charge in [0.15, 0.2) is 5.82 Å².